The van der Waals surface area contributed by atoms with E-state index in [0.29, 0.717) is 5.69 Å². The zero-order valence-electron chi connectivity index (χ0n) is 9.12. The molecule has 1 unspecified atom stereocenters. The monoisotopic (exact) mass is 240 g/mol. The van der Waals surface area contributed by atoms with Gasteiger partial charge in [0.05, 0.1) is 0 Å². The van der Waals surface area contributed by atoms with E-state index in [4.69, 9.17) is 16.2 Å². The van der Waals surface area contributed by atoms with Crippen molar-refractivity contribution in [1.29, 1.82) is 0 Å². The van der Waals surface area contributed by atoms with Crippen LogP contribution in [0.4, 0.5) is 5.82 Å². The molecular weight excluding hydrogens is 228 g/mol. The van der Waals surface area contributed by atoms with Gasteiger partial charge in [0.15, 0.2) is 0 Å². The molecule has 1 atom stereocenters. The average molecular weight is 240 g/mol. The average Bonchev–Trinajstić information content (AvgIpc) is 2.26. The van der Waals surface area contributed by atoms with Crippen molar-refractivity contribution in [2.75, 3.05) is 6.61 Å². The topological polar surface area (TPSA) is 134 Å². The number of pyridine rings is 1. The standard InChI is InChI=1S/C9H12N4O4/c1-5-2-3-7(9(12-5)13(15)16)17-4-6(10)8(11)14/h2-3,6H,4,10H2,1H3,(H2,11,14). The number of amides is 1. The van der Waals surface area contributed by atoms with Crippen LogP contribution in [0.25, 0.3) is 0 Å². The van der Waals surface area contributed by atoms with Gasteiger partial charge in [-0.05, 0) is 22.0 Å². The maximum Gasteiger partial charge on any atom is 0.406 e. The Morgan fingerprint density at radius 3 is 2.82 bits per heavy atom. The van der Waals surface area contributed by atoms with Crippen LogP contribution in [-0.4, -0.2) is 28.5 Å². The lowest BCUT2D eigenvalue weighted by atomic mass is 10.3. The molecule has 0 aromatic carbocycles. The van der Waals surface area contributed by atoms with Gasteiger partial charge in [0.2, 0.25) is 11.7 Å². The highest BCUT2D eigenvalue weighted by Gasteiger charge is 2.19. The van der Waals surface area contributed by atoms with Gasteiger partial charge >= 0.3 is 5.82 Å². The smallest absolute Gasteiger partial charge is 0.406 e. The van der Waals surface area contributed by atoms with Crippen molar-refractivity contribution < 1.29 is 14.5 Å². The molecule has 8 heteroatoms. The largest absolute Gasteiger partial charge is 0.483 e. The van der Waals surface area contributed by atoms with Gasteiger partial charge in [-0.3, -0.25) is 4.79 Å². The summed E-state index contributed by atoms with van der Waals surface area (Å²) in [6.07, 6.45) is 0. The number of ether oxygens (including phenoxy) is 1. The summed E-state index contributed by atoms with van der Waals surface area (Å²) >= 11 is 0. The van der Waals surface area contributed by atoms with Gasteiger partial charge in [0.1, 0.15) is 18.3 Å². The van der Waals surface area contributed by atoms with E-state index >= 15 is 0 Å². The van der Waals surface area contributed by atoms with E-state index in [1.165, 1.54) is 6.07 Å². The van der Waals surface area contributed by atoms with Crippen molar-refractivity contribution in [3.8, 4) is 5.75 Å². The lowest BCUT2D eigenvalue weighted by Gasteiger charge is -2.09. The molecule has 0 aliphatic rings. The number of nitro groups is 1. The molecule has 17 heavy (non-hydrogen) atoms. The SMILES string of the molecule is Cc1ccc(OCC(N)C(N)=O)c([N+](=O)[O-])n1. The summed E-state index contributed by atoms with van der Waals surface area (Å²) in [7, 11) is 0. The predicted octanol–water partition coefficient (Wildman–Crippen LogP) is -0.510. The van der Waals surface area contributed by atoms with E-state index in [2.05, 4.69) is 4.98 Å². The molecule has 1 rings (SSSR count). The Kier molecular flexibility index (Phi) is 3.94. The number of hydrogen-bond donors (Lipinski definition) is 2. The molecule has 1 aromatic heterocycles. The van der Waals surface area contributed by atoms with Crippen LogP contribution in [0.15, 0.2) is 12.1 Å². The quantitative estimate of drug-likeness (QED) is 0.525. The fourth-order valence-electron chi connectivity index (χ4n) is 1.04. The first-order valence-electron chi connectivity index (χ1n) is 4.71. The Morgan fingerprint density at radius 1 is 1.65 bits per heavy atom. The Hall–Kier alpha value is -2.22. The van der Waals surface area contributed by atoms with E-state index in [9.17, 15) is 14.9 Å². The van der Waals surface area contributed by atoms with Gasteiger partial charge < -0.3 is 26.3 Å². The number of aryl methyl sites for hydroxylation is 1. The predicted molar refractivity (Wildman–Crippen MR) is 58.3 cm³/mol. The van der Waals surface area contributed by atoms with Crippen LogP contribution in [0.2, 0.25) is 0 Å². The van der Waals surface area contributed by atoms with Crippen molar-refractivity contribution in [2.24, 2.45) is 11.5 Å². The molecule has 1 heterocycles. The van der Waals surface area contributed by atoms with Gasteiger partial charge in [-0.2, -0.15) is 0 Å². The van der Waals surface area contributed by atoms with E-state index in [1.54, 1.807) is 13.0 Å². The van der Waals surface area contributed by atoms with Gasteiger partial charge in [-0.1, -0.05) is 0 Å². The highest BCUT2D eigenvalue weighted by atomic mass is 16.6. The van der Waals surface area contributed by atoms with Gasteiger partial charge in [-0.15, -0.1) is 0 Å². The van der Waals surface area contributed by atoms with Crippen LogP contribution in [0.1, 0.15) is 5.69 Å². The van der Waals surface area contributed by atoms with Gasteiger partial charge in [-0.25, -0.2) is 0 Å². The first-order valence-corrected chi connectivity index (χ1v) is 4.71. The summed E-state index contributed by atoms with van der Waals surface area (Å²) in [5.41, 5.74) is 10.7. The minimum Gasteiger partial charge on any atom is -0.483 e. The molecule has 0 spiro atoms. The van der Waals surface area contributed by atoms with Crippen LogP contribution in [0.3, 0.4) is 0 Å². The van der Waals surface area contributed by atoms with Crippen LogP contribution in [-0.2, 0) is 4.79 Å². The van der Waals surface area contributed by atoms with Crippen molar-refractivity contribution in [2.45, 2.75) is 13.0 Å². The third-order valence-electron chi connectivity index (χ3n) is 1.94. The van der Waals surface area contributed by atoms with Gasteiger partial charge in [0.25, 0.3) is 0 Å². The molecule has 0 bridgehead atoms. The van der Waals surface area contributed by atoms with Crippen LogP contribution in [0, 0.1) is 17.0 Å². The van der Waals surface area contributed by atoms with E-state index in [-0.39, 0.29) is 12.4 Å². The summed E-state index contributed by atoms with van der Waals surface area (Å²) in [5.74, 6) is -1.20. The Morgan fingerprint density at radius 2 is 2.29 bits per heavy atom. The summed E-state index contributed by atoms with van der Waals surface area (Å²) in [4.78, 5) is 24.4. The number of primary amides is 1. The number of carbonyl (C=O) groups is 1. The van der Waals surface area contributed by atoms with E-state index in [1.807, 2.05) is 0 Å². The minimum absolute atomic E-state index is 0.0442. The molecule has 0 aliphatic carbocycles. The Balaban J connectivity index is 2.84. The molecule has 1 amide bonds. The molecule has 0 saturated heterocycles. The van der Waals surface area contributed by atoms with E-state index in [0.717, 1.165) is 0 Å². The number of carbonyl (C=O) groups excluding carboxylic acids is 1. The van der Waals surface area contributed by atoms with Crippen LogP contribution < -0.4 is 16.2 Å². The second kappa shape index (κ2) is 5.21. The molecule has 0 radical (unpaired) electrons. The molecule has 0 fully saturated rings. The maximum absolute atomic E-state index is 10.7. The van der Waals surface area contributed by atoms with Crippen LogP contribution in [0.5, 0.6) is 5.75 Å². The van der Waals surface area contributed by atoms with Gasteiger partial charge in [0, 0.05) is 6.92 Å². The molecule has 8 nitrogen and oxygen atoms in total. The first kappa shape index (κ1) is 12.8. The highest BCUT2D eigenvalue weighted by molar-refractivity contribution is 5.79. The number of nitrogens with two attached hydrogens (primary N) is 2. The third-order valence-corrected chi connectivity index (χ3v) is 1.94. The molecule has 0 aliphatic heterocycles. The Bertz CT molecular complexity index is 449. The lowest BCUT2D eigenvalue weighted by molar-refractivity contribution is -0.390. The Labute approximate surface area is 96.7 Å². The molecule has 1 aromatic rings. The van der Waals surface area contributed by atoms with Crippen molar-refractivity contribution in [1.82, 2.24) is 4.98 Å². The summed E-state index contributed by atoms with van der Waals surface area (Å²) < 4.78 is 5.05. The number of rotatable bonds is 5. The minimum atomic E-state index is -1.02. The van der Waals surface area contributed by atoms with Crippen molar-refractivity contribution in [3.05, 3.63) is 27.9 Å². The van der Waals surface area contributed by atoms with E-state index < -0.39 is 22.7 Å². The zero-order chi connectivity index (χ0) is 13.0. The zero-order valence-corrected chi connectivity index (χ0v) is 9.12. The fraction of sp³-hybridized carbons (Fsp3) is 0.333. The normalized spacial score (nSPS) is 11.9. The second-order valence-corrected chi connectivity index (χ2v) is 3.35. The maximum atomic E-state index is 10.7. The fourth-order valence-corrected chi connectivity index (χ4v) is 1.04. The summed E-state index contributed by atoms with van der Waals surface area (Å²) in [6.45, 7) is 1.38. The second-order valence-electron chi connectivity index (χ2n) is 3.35. The number of nitrogens with zero attached hydrogens (tertiary/aromatic N) is 2. The molecule has 92 valence electrons. The number of aromatic nitrogens is 1. The summed E-state index contributed by atoms with van der Waals surface area (Å²) in [5, 5.41) is 10.7. The third kappa shape index (κ3) is 3.38. The molecule has 0 saturated carbocycles. The molecule has 4 N–H and O–H groups in total. The lowest BCUT2D eigenvalue weighted by Crippen LogP contribution is -2.41. The molecular formula is C9H12N4O4. The highest BCUT2D eigenvalue weighted by Crippen LogP contribution is 2.24. The van der Waals surface area contributed by atoms with Crippen molar-refractivity contribution in [3.63, 3.8) is 0 Å². The summed E-state index contributed by atoms with van der Waals surface area (Å²) in [6, 6.07) is 1.93. The number of hydrogen-bond acceptors (Lipinski definition) is 6. The first-order chi connectivity index (χ1) is 7.91. The van der Waals surface area contributed by atoms with Crippen molar-refractivity contribution >= 4 is 11.7 Å². The van der Waals surface area contributed by atoms with Crippen LogP contribution >= 0.6 is 0 Å².